The lowest BCUT2D eigenvalue weighted by Crippen LogP contribution is -2.38. The van der Waals surface area contributed by atoms with Crippen LogP contribution >= 0.6 is 0 Å². The van der Waals surface area contributed by atoms with Crippen molar-refractivity contribution in [2.24, 2.45) is 0 Å². The van der Waals surface area contributed by atoms with Gasteiger partial charge < -0.3 is 10.1 Å². The van der Waals surface area contributed by atoms with Crippen LogP contribution in [0.4, 0.5) is 5.69 Å². The largest absolute Gasteiger partial charge is 0.466 e. The molecular weight excluding hydrogens is 226 g/mol. The molecule has 0 heterocycles. The molecule has 18 heavy (non-hydrogen) atoms. The summed E-state index contributed by atoms with van der Waals surface area (Å²) in [6.07, 6.45) is 2.83. The summed E-state index contributed by atoms with van der Waals surface area (Å²) >= 11 is 0. The molecule has 0 spiro atoms. The van der Waals surface area contributed by atoms with Crippen molar-refractivity contribution in [3.05, 3.63) is 30.3 Å². The topological polar surface area (TPSA) is 38.3 Å². The molecule has 0 amide bonds. The molecule has 0 saturated heterocycles. The Hall–Kier alpha value is -1.51. The summed E-state index contributed by atoms with van der Waals surface area (Å²) in [6.45, 7) is 6.24. The SMILES string of the molecule is CCC(CC)(CCOC(C)=O)Nc1ccccc1. The van der Waals surface area contributed by atoms with Gasteiger partial charge in [-0.3, -0.25) is 4.79 Å². The molecule has 3 nitrogen and oxygen atoms in total. The molecule has 3 heteroatoms. The van der Waals surface area contributed by atoms with E-state index in [4.69, 9.17) is 4.74 Å². The van der Waals surface area contributed by atoms with Crippen LogP contribution in [0.2, 0.25) is 0 Å². The number of anilines is 1. The number of ether oxygens (including phenoxy) is 1. The Morgan fingerprint density at radius 3 is 2.33 bits per heavy atom. The lowest BCUT2D eigenvalue weighted by Gasteiger charge is -2.34. The van der Waals surface area contributed by atoms with Crippen molar-refractivity contribution in [1.29, 1.82) is 0 Å². The minimum Gasteiger partial charge on any atom is -0.466 e. The molecule has 0 bridgehead atoms. The van der Waals surface area contributed by atoms with Gasteiger partial charge in [-0.25, -0.2) is 0 Å². The summed E-state index contributed by atoms with van der Waals surface area (Å²) < 4.78 is 5.06. The zero-order chi connectivity index (χ0) is 13.4. The molecule has 1 N–H and O–H groups in total. The maximum Gasteiger partial charge on any atom is 0.302 e. The summed E-state index contributed by atoms with van der Waals surface area (Å²) in [4.78, 5) is 10.8. The zero-order valence-corrected chi connectivity index (χ0v) is 11.5. The number of esters is 1. The standard InChI is InChI=1S/C15H23NO2/c1-4-15(5-2,11-12-18-13(3)17)16-14-9-7-6-8-10-14/h6-10,16H,4-5,11-12H2,1-3H3. The van der Waals surface area contributed by atoms with E-state index in [9.17, 15) is 4.79 Å². The van der Waals surface area contributed by atoms with Crippen LogP contribution in [-0.2, 0) is 9.53 Å². The van der Waals surface area contributed by atoms with Crippen LogP contribution in [0, 0.1) is 0 Å². The van der Waals surface area contributed by atoms with E-state index in [2.05, 4.69) is 31.3 Å². The normalized spacial score (nSPS) is 11.1. The molecule has 0 radical (unpaired) electrons. The van der Waals surface area contributed by atoms with Gasteiger partial charge >= 0.3 is 5.97 Å². The smallest absolute Gasteiger partial charge is 0.302 e. The number of rotatable bonds is 7. The number of nitrogens with one attached hydrogen (secondary N) is 1. The highest BCUT2D eigenvalue weighted by Gasteiger charge is 2.25. The molecular formula is C15H23NO2. The predicted octanol–water partition coefficient (Wildman–Crippen LogP) is 3.61. The number of carbonyl (C=O) groups is 1. The Labute approximate surface area is 110 Å². The molecule has 0 saturated carbocycles. The average molecular weight is 249 g/mol. The Bertz CT molecular complexity index is 358. The number of hydrogen-bond acceptors (Lipinski definition) is 3. The monoisotopic (exact) mass is 249 g/mol. The van der Waals surface area contributed by atoms with E-state index in [0.29, 0.717) is 6.61 Å². The minimum absolute atomic E-state index is 0.00317. The summed E-state index contributed by atoms with van der Waals surface area (Å²) in [5.74, 6) is -0.212. The van der Waals surface area contributed by atoms with Crippen molar-refractivity contribution in [3.8, 4) is 0 Å². The Kier molecular flexibility index (Phi) is 5.69. The van der Waals surface area contributed by atoms with E-state index < -0.39 is 0 Å². The number of hydrogen-bond donors (Lipinski definition) is 1. The lowest BCUT2D eigenvalue weighted by molar-refractivity contribution is -0.141. The van der Waals surface area contributed by atoms with E-state index in [1.54, 1.807) is 0 Å². The number of para-hydroxylation sites is 1. The zero-order valence-electron chi connectivity index (χ0n) is 11.5. The van der Waals surface area contributed by atoms with Crippen LogP contribution in [-0.4, -0.2) is 18.1 Å². The first-order chi connectivity index (χ1) is 8.62. The van der Waals surface area contributed by atoms with Crippen LogP contribution < -0.4 is 5.32 Å². The molecule has 100 valence electrons. The summed E-state index contributed by atoms with van der Waals surface area (Å²) in [5, 5.41) is 3.57. The summed E-state index contributed by atoms with van der Waals surface area (Å²) in [7, 11) is 0. The second kappa shape index (κ2) is 7.04. The van der Waals surface area contributed by atoms with Crippen LogP contribution in [0.15, 0.2) is 30.3 Å². The lowest BCUT2D eigenvalue weighted by atomic mass is 9.89. The van der Waals surface area contributed by atoms with Gasteiger partial charge in [0.1, 0.15) is 0 Å². The van der Waals surface area contributed by atoms with Gasteiger partial charge in [0, 0.05) is 24.6 Å². The van der Waals surface area contributed by atoms with Gasteiger partial charge in [0.25, 0.3) is 0 Å². The molecule has 0 aliphatic carbocycles. The summed E-state index contributed by atoms with van der Waals surface area (Å²) in [6, 6.07) is 10.2. The average Bonchev–Trinajstić information content (AvgIpc) is 2.38. The van der Waals surface area contributed by atoms with Crippen LogP contribution in [0.5, 0.6) is 0 Å². The molecule has 1 aromatic carbocycles. The third kappa shape index (κ3) is 4.40. The quantitative estimate of drug-likeness (QED) is 0.750. The fourth-order valence-corrected chi connectivity index (χ4v) is 2.06. The third-order valence-electron chi connectivity index (χ3n) is 3.42. The second-order valence-corrected chi connectivity index (χ2v) is 4.57. The molecule has 0 aliphatic rings. The van der Waals surface area contributed by atoms with E-state index >= 15 is 0 Å². The van der Waals surface area contributed by atoms with Gasteiger partial charge in [0.05, 0.1) is 6.61 Å². The first-order valence-electron chi connectivity index (χ1n) is 6.58. The van der Waals surface area contributed by atoms with Crippen molar-refractivity contribution in [2.75, 3.05) is 11.9 Å². The van der Waals surface area contributed by atoms with Crippen LogP contribution in [0.1, 0.15) is 40.0 Å². The number of benzene rings is 1. The van der Waals surface area contributed by atoms with Gasteiger partial charge in [-0.15, -0.1) is 0 Å². The van der Waals surface area contributed by atoms with Crippen molar-refractivity contribution < 1.29 is 9.53 Å². The molecule has 1 rings (SSSR count). The maximum absolute atomic E-state index is 10.8. The van der Waals surface area contributed by atoms with E-state index in [0.717, 1.165) is 24.9 Å². The highest BCUT2D eigenvalue weighted by molar-refractivity contribution is 5.65. The first-order valence-corrected chi connectivity index (χ1v) is 6.58. The van der Waals surface area contributed by atoms with Crippen LogP contribution in [0.3, 0.4) is 0 Å². The van der Waals surface area contributed by atoms with E-state index in [1.807, 2.05) is 18.2 Å². The van der Waals surface area contributed by atoms with Crippen molar-refractivity contribution in [1.82, 2.24) is 0 Å². The molecule has 0 atom stereocenters. The number of carbonyl (C=O) groups excluding carboxylic acids is 1. The third-order valence-corrected chi connectivity index (χ3v) is 3.42. The first kappa shape index (κ1) is 14.6. The maximum atomic E-state index is 10.8. The summed E-state index contributed by atoms with van der Waals surface area (Å²) in [5.41, 5.74) is 1.11. The van der Waals surface area contributed by atoms with Gasteiger partial charge in [-0.1, -0.05) is 32.0 Å². The highest BCUT2D eigenvalue weighted by atomic mass is 16.5. The molecule has 0 unspecified atom stereocenters. The predicted molar refractivity (Wildman–Crippen MR) is 74.6 cm³/mol. The van der Waals surface area contributed by atoms with Crippen molar-refractivity contribution in [3.63, 3.8) is 0 Å². The fraction of sp³-hybridized carbons (Fsp3) is 0.533. The molecule has 1 aromatic rings. The van der Waals surface area contributed by atoms with Gasteiger partial charge in [0.2, 0.25) is 0 Å². The molecule has 0 aromatic heterocycles. The highest BCUT2D eigenvalue weighted by Crippen LogP contribution is 2.25. The van der Waals surface area contributed by atoms with E-state index in [1.165, 1.54) is 6.92 Å². The van der Waals surface area contributed by atoms with Gasteiger partial charge in [0.15, 0.2) is 0 Å². The van der Waals surface area contributed by atoms with Crippen molar-refractivity contribution in [2.45, 2.75) is 45.6 Å². The molecule has 0 fully saturated rings. The Balaban J connectivity index is 2.64. The molecule has 0 aliphatic heterocycles. The minimum atomic E-state index is -0.212. The van der Waals surface area contributed by atoms with E-state index in [-0.39, 0.29) is 11.5 Å². The van der Waals surface area contributed by atoms with Gasteiger partial charge in [-0.2, -0.15) is 0 Å². The van der Waals surface area contributed by atoms with Crippen LogP contribution in [0.25, 0.3) is 0 Å². The Morgan fingerprint density at radius 1 is 1.22 bits per heavy atom. The second-order valence-electron chi connectivity index (χ2n) is 4.57. The van der Waals surface area contributed by atoms with Gasteiger partial charge in [-0.05, 0) is 25.0 Å². The Morgan fingerprint density at radius 2 is 1.83 bits per heavy atom. The van der Waals surface area contributed by atoms with Crippen molar-refractivity contribution >= 4 is 11.7 Å². The fourth-order valence-electron chi connectivity index (χ4n) is 2.06.